The largest absolute Gasteiger partial charge is 0.481 e. The number of carboxylic acids is 4. The molecule has 0 spiro atoms. The number of hydrogen-bond donors (Lipinski definition) is 10. The van der Waals surface area contributed by atoms with Crippen molar-refractivity contribution >= 4 is 37.7 Å². The summed E-state index contributed by atoms with van der Waals surface area (Å²) >= 11 is 0. The Balaban J connectivity index is 0. The molecule has 0 aromatic carbocycles. The number of phosphoric acid groups is 1. The molecule has 0 aliphatic rings. The molecule has 29 heavy (non-hydrogen) atoms. The number of nitrogens with two attached hydrogens (primary N) is 2. The molecule has 0 aliphatic heterocycles. The molecule has 12 N–H and O–H groups in total. The van der Waals surface area contributed by atoms with Gasteiger partial charge in [0.2, 0.25) is 0 Å². The summed E-state index contributed by atoms with van der Waals surface area (Å²) in [5.74, 6) is -6.76. The van der Waals surface area contributed by atoms with E-state index < -0.39 is 56.2 Å². The normalized spacial score (nSPS) is 12.1. The zero-order chi connectivity index (χ0) is 23.4. The number of carboxylic acid groups (broad SMARTS) is 4. The van der Waals surface area contributed by atoms with Gasteiger partial charge in [0, 0.05) is 6.54 Å². The minimum absolute atomic E-state index is 0.112. The van der Waals surface area contributed by atoms with Crippen LogP contribution in [-0.4, -0.2) is 78.2 Å². The van der Waals surface area contributed by atoms with Crippen LogP contribution in [0.2, 0.25) is 0 Å². The van der Waals surface area contributed by atoms with E-state index in [2.05, 4.69) is 9.84 Å². The zero-order valence-corrected chi connectivity index (χ0v) is 15.7. The lowest BCUT2D eigenvalue weighted by atomic mass is 9.96. The number of rotatable bonds is 12. The van der Waals surface area contributed by atoms with Gasteiger partial charge in [0.1, 0.15) is 6.04 Å². The summed E-state index contributed by atoms with van der Waals surface area (Å²) in [5, 5.41) is 43.2. The van der Waals surface area contributed by atoms with E-state index in [0.29, 0.717) is 19.4 Å². The van der Waals surface area contributed by atoms with E-state index in [4.69, 9.17) is 47.1 Å². The maximum atomic E-state index is 10.8. The Kier molecular flexibility index (Phi) is 12.4. The number of hydrogen-bond acceptors (Lipinski definition) is 8. The van der Waals surface area contributed by atoms with Gasteiger partial charge >= 0.3 is 31.7 Å². The fraction of sp³-hybridized carbons (Fsp3) is 0.583. The van der Waals surface area contributed by atoms with Crippen LogP contribution < -0.4 is 16.8 Å². The fourth-order valence-electron chi connectivity index (χ4n) is 1.70. The van der Waals surface area contributed by atoms with Crippen molar-refractivity contribution in [3.05, 3.63) is 0 Å². The van der Waals surface area contributed by atoms with Crippen LogP contribution in [0.4, 0.5) is 0 Å². The highest BCUT2D eigenvalue weighted by Crippen LogP contribution is 2.44. The first-order valence-corrected chi connectivity index (χ1v) is 9.05. The maximum absolute atomic E-state index is 10.8. The first-order valence-electron chi connectivity index (χ1n) is 7.52. The van der Waals surface area contributed by atoms with Gasteiger partial charge in [-0.3, -0.25) is 24.3 Å². The molecule has 0 saturated carbocycles. The highest BCUT2D eigenvalue weighted by Gasteiger charge is 2.49. The predicted octanol–water partition coefficient (Wildman–Crippen LogP) is -2.47. The smallest absolute Gasteiger partial charge is 0.470 e. The number of phosphoric ester groups is 1. The number of carbonyl (C=O) groups is 4. The monoisotopic (exact) mass is 446 g/mol. The van der Waals surface area contributed by atoms with Crippen LogP contribution in [0.1, 0.15) is 25.7 Å². The molecule has 0 rings (SSSR count). The van der Waals surface area contributed by atoms with Crippen molar-refractivity contribution < 1.29 is 58.5 Å². The van der Waals surface area contributed by atoms with Gasteiger partial charge in [-0.25, -0.2) is 9.36 Å². The van der Waals surface area contributed by atoms with Gasteiger partial charge in [0.05, 0.1) is 12.8 Å². The molecule has 16 nitrogen and oxygen atoms in total. The summed E-state index contributed by atoms with van der Waals surface area (Å²) in [5.41, 5.74) is 7.20. The molecule has 0 fully saturated rings. The van der Waals surface area contributed by atoms with Crippen LogP contribution in [0, 0.1) is 5.41 Å². The first-order chi connectivity index (χ1) is 13.0. The summed E-state index contributed by atoms with van der Waals surface area (Å²) in [6.45, 7) is 0.482. The molecular weight excluding hydrogens is 423 g/mol. The van der Waals surface area contributed by atoms with Crippen LogP contribution in [0.25, 0.3) is 0 Å². The van der Waals surface area contributed by atoms with E-state index in [1.165, 1.54) is 0 Å². The predicted molar refractivity (Wildman–Crippen MR) is 92.8 cm³/mol. The summed E-state index contributed by atoms with van der Waals surface area (Å²) in [6, 6.07) is -0.821. The van der Waals surface area contributed by atoms with E-state index in [1.54, 1.807) is 0 Å². The van der Waals surface area contributed by atoms with Crippen molar-refractivity contribution in [1.82, 2.24) is 5.32 Å². The summed E-state index contributed by atoms with van der Waals surface area (Å²) in [4.78, 5) is 58.7. The molecule has 0 heterocycles. The first kappa shape index (κ1) is 28.4. The van der Waals surface area contributed by atoms with Crippen molar-refractivity contribution in [2.24, 2.45) is 11.5 Å². The molecule has 0 radical (unpaired) electrons. The summed E-state index contributed by atoms with van der Waals surface area (Å²) < 4.78 is 14.4. The molecule has 0 bridgehead atoms. The molecule has 17 heteroatoms. The number of nitrogens with one attached hydrogen (secondary N) is 2. The van der Waals surface area contributed by atoms with Gasteiger partial charge in [0.25, 0.3) is 0 Å². The van der Waals surface area contributed by atoms with Crippen LogP contribution in [-0.2, 0) is 28.3 Å². The van der Waals surface area contributed by atoms with Crippen LogP contribution in [0.5, 0.6) is 0 Å². The third-order valence-electron chi connectivity index (χ3n) is 2.88. The Morgan fingerprint density at radius 1 is 1.07 bits per heavy atom. The fourth-order valence-corrected chi connectivity index (χ4v) is 2.36. The number of aliphatic carboxylic acids is 4. The standard InChI is InChI=1S/C6H14N4O2.C6H9O10P/c7-4(5(11)12)2-1-3-10-6(8)9;7-3(8)1-6(5(11)12,2-4(9)10)16-17(13,14)15/h4H,1-3,7H2,(H,11,12)(H4,8,9,10);1-2H2,(H,7,8)(H,9,10)(H,11,12)(H2,13,14,15)/t4-;/m0./s1. The molecule has 0 aliphatic carbocycles. The zero-order valence-electron chi connectivity index (χ0n) is 14.8. The van der Waals surface area contributed by atoms with Gasteiger partial charge in [-0.2, -0.15) is 0 Å². The Morgan fingerprint density at radius 3 is 1.79 bits per heavy atom. The highest BCUT2D eigenvalue weighted by atomic mass is 31.2. The van der Waals surface area contributed by atoms with Crippen molar-refractivity contribution in [2.45, 2.75) is 37.3 Å². The Hall–Kier alpha value is -2.78. The van der Waals surface area contributed by atoms with E-state index >= 15 is 0 Å². The van der Waals surface area contributed by atoms with E-state index in [1.807, 2.05) is 0 Å². The van der Waals surface area contributed by atoms with Gasteiger partial charge in [-0.05, 0) is 12.8 Å². The Bertz CT molecular complexity index is 647. The van der Waals surface area contributed by atoms with Crippen molar-refractivity contribution in [3.8, 4) is 0 Å². The van der Waals surface area contributed by atoms with Crippen molar-refractivity contribution in [3.63, 3.8) is 0 Å². The Morgan fingerprint density at radius 2 is 1.52 bits per heavy atom. The Labute approximate surface area is 163 Å². The molecule has 0 aromatic rings. The van der Waals surface area contributed by atoms with Crippen molar-refractivity contribution in [1.29, 1.82) is 5.41 Å². The second-order valence-corrected chi connectivity index (χ2v) is 6.61. The van der Waals surface area contributed by atoms with Gasteiger partial charge < -0.3 is 47.0 Å². The molecule has 0 saturated heterocycles. The third-order valence-corrected chi connectivity index (χ3v) is 3.47. The SMILES string of the molecule is N=C(N)NCCC[C@H](N)C(=O)O.O=C(O)CC(CC(=O)O)(OP(=O)(O)O)C(=O)O. The quantitative estimate of drug-likeness (QED) is 0.0642. The minimum Gasteiger partial charge on any atom is -0.481 e. The van der Waals surface area contributed by atoms with E-state index in [-0.39, 0.29) is 5.96 Å². The van der Waals surface area contributed by atoms with Crippen LogP contribution >= 0.6 is 7.82 Å². The second-order valence-electron chi connectivity index (χ2n) is 5.45. The van der Waals surface area contributed by atoms with E-state index in [0.717, 1.165) is 0 Å². The minimum atomic E-state index is -5.36. The lowest BCUT2D eigenvalue weighted by molar-refractivity contribution is -0.168. The van der Waals surface area contributed by atoms with Crippen molar-refractivity contribution in [2.75, 3.05) is 6.54 Å². The molecule has 0 unspecified atom stereocenters. The van der Waals surface area contributed by atoms with Gasteiger partial charge in [0.15, 0.2) is 11.6 Å². The topological polar surface area (TPSA) is 304 Å². The molecule has 168 valence electrons. The van der Waals surface area contributed by atoms with Crippen LogP contribution in [0.3, 0.4) is 0 Å². The average Bonchev–Trinajstić information content (AvgIpc) is 2.48. The molecular formula is C12H23N4O12P. The number of guanidine groups is 1. The third kappa shape index (κ3) is 14.9. The summed E-state index contributed by atoms with van der Waals surface area (Å²) in [7, 11) is -5.36. The van der Waals surface area contributed by atoms with Gasteiger partial charge in [-0.1, -0.05) is 0 Å². The van der Waals surface area contributed by atoms with E-state index in [9.17, 15) is 23.7 Å². The molecule has 1 atom stereocenters. The van der Waals surface area contributed by atoms with Crippen LogP contribution in [0.15, 0.2) is 0 Å². The summed E-state index contributed by atoms with van der Waals surface area (Å²) in [6.07, 6.45) is -1.83. The lowest BCUT2D eigenvalue weighted by Gasteiger charge is -2.26. The maximum Gasteiger partial charge on any atom is 0.470 e. The molecule has 0 amide bonds. The highest BCUT2D eigenvalue weighted by molar-refractivity contribution is 7.46. The average molecular weight is 446 g/mol. The van der Waals surface area contributed by atoms with Gasteiger partial charge in [-0.15, -0.1) is 0 Å². The second kappa shape index (κ2) is 12.6. The molecule has 0 aromatic heterocycles. The lowest BCUT2D eigenvalue weighted by Crippen LogP contribution is -2.44.